The fourth-order valence-corrected chi connectivity index (χ4v) is 5.65. The van der Waals surface area contributed by atoms with Gasteiger partial charge in [0.1, 0.15) is 35.2 Å². The maximum Gasteiger partial charge on any atom is 0.191 e. The van der Waals surface area contributed by atoms with Crippen LogP contribution in [0.3, 0.4) is 0 Å². The highest BCUT2D eigenvalue weighted by Crippen LogP contribution is 2.44. The number of para-hydroxylation sites is 1. The first kappa shape index (κ1) is 27.1. The van der Waals surface area contributed by atoms with Crippen LogP contribution in [0.4, 0.5) is 10.2 Å². The molecule has 0 bridgehead atoms. The second kappa shape index (κ2) is 11.5. The summed E-state index contributed by atoms with van der Waals surface area (Å²) in [6.07, 6.45) is 15.8. The van der Waals surface area contributed by atoms with Gasteiger partial charge < -0.3 is 15.4 Å². The first-order valence-electron chi connectivity index (χ1n) is 14.2. The van der Waals surface area contributed by atoms with Gasteiger partial charge in [-0.15, -0.1) is 0 Å². The van der Waals surface area contributed by atoms with E-state index in [4.69, 9.17) is 15.6 Å². The van der Waals surface area contributed by atoms with E-state index in [2.05, 4.69) is 31.0 Å². The standard InChI is InChI=1S/C32H29FN10O/c33-32(25-10-4-6-17-37-39-25)20-42(27-11-5-7-18-38-40-27)19-16-26(32)43-31-28(30(34)35-21-36-31)29(41-43)22-12-14-24(15-13-22)44-23-8-2-1-3-9-23/h1-15,17-18,21,26,39-40H,16,19-20H2,(H2,34,35,36)/t26-,32+/m1/s1. The predicted molar refractivity (Wildman–Crippen MR) is 168 cm³/mol. The number of benzene rings is 2. The predicted octanol–water partition coefficient (Wildman–Crippen LogP) is 4.84. The number of allylic oxidation sites excluding steroid dienone is 6. The number of hydrogen-bond donors (Lipinski definition) is 3. The van der Waals surface area contributed by atoms with Gasteiger partial charge in [-0.2, -0.15) is 15.3 Å². The molecule has 0 amide bonds. The number of nitrogen functional groups attached to an aromatic ring is 1. The minimum atomic E-state index is -1.96. The molecule has 0 unspecified atom stereocenters. The Labute approximate surface area is 252 Å². The van der Waals surface area contributed by atoms with Crippen LogP contribution in [0.1, 0.15) is 12.5 Å². The fourth-order valence-electron chi connectivity index (χ4n) is 5.65. The number of nitrogens with zero attached hydrogens (tertiary/aromatic N) is 7. The quantitative estimate of drug-likeness (QED) is 0.292. The van der Waals surface area contributed by atoms with Crippen molar-refractivity contribution >= 4 is 29.3 Å². The largest absolute Gasteiger partial charge is 0.457 e. The molecule has 2 atom stereocenters. The van der Waals surface area contributed by atoms with Gasteiger partial charge in [-0.25, -0.2) is 19.0 Å². The lowest BCUT2D eigenvalue weighted by Crippen LogP contribution is -2.55. The van der Waals surface area contributed by atoms with E-state index in [1.54, 1.807) is 35.3 Å². The van der Waals surface area contributed by atoms with Gasteiger partial charge in [0, 0.05) is 24.5 Å². The molecule has 1 saturated heterocycles. The van der Waals surface area contributed by atoms with Crippen molar-refractivity contribution in [3.63, 3.8) is 0 Å². The number of rotatable bonds is 6. The average Bonchev–Trinajstić information content (AvgIpc) is 3.26. The number of piperidine rings is 1. The highest BCUT2D eigenvalue weighted by atomic mass is 19.1. The highest BCUT2D eigenvalue weighted by Gasteiger charge is 2.50. The van der Waals surface area contributed by atoms with E-state index in [9.17, 15) is 0 Å². The highest BCUT2D eigenvalue weighted by molar-refractivity contribution is 5.98. The summed E-state index contributed by atoms with van der Waals surface area (Å²) in [5.74, 6) is 2.36. The molecule has 12 heteroatoms. The zero-order chi connectivity index (χ0) is 29.9. The molecule has 2 aromatic heterocycles. The van der Waals surface area contributed by atoms with Crippen LogP contribution in [0.5, 0.6) is 11.5 Å². The summed E-state index contributed by atoms with van der Waals surface area (Å²) < 4.78 is 25.5. The van der Waals surface area contributed by atoms with Crippen molar-refractivity contribution in [1.29, 1.82) is 0 Å². The lowest BCUT2D eigenvalue weighted by Gasteiger charge is -2.45. The van der Waals surface area contributed by atoms with Gasteiger partial charge in [-0.1, -0.05) is 30.4 Å². The summed E-state index contributed by atoms with van der Waals surface area (Å²) in [6, 6.07) is 16.3. The van der Waals surface area contributed by atoms with Crippen molar-refractivity contribution in [2.75, 3.05) is 18.8 Å². The SMILES string of the molecule is Nc1ncnc2c1c(-c1ccc(Oc3ccccc3)cc1)nn2[C@@H]1CCN(C2=CC=CC=NN2)C[C@]1(F)C1=CC=CC=NN1. The third kappa shape index (κ3) is 5.06. The van der Waals surface area contributed by atoms with Gasteiger partial charge in [0.25, 0.3) is 0 Å². The van der Waals surface area contributed by atoms with Gasteiger partial charge in [0.15, 0.2) is 11.3 Å². The minimum absolute atomic E-state index is 0.00479. The fraction of sp³-hybridized carbons (Fsp3) is 0.156. The number of likely N-dealkylation sites (tertiary alicyclic amines) is 1. The molecular weight excluding hydrogens is 559 g/mol. The van der Waals surface area contributed by atoms with Crippen LogP contribution in [0, 0.1) is 0 Å². The molecule has 4 N–H and O–H groups in total. The van der Waals surface area contributed by atoms with E-state index in [0.717, 1.165) is 11.3 Å². The summed E-state index contributed by atoms with van der Waals surface area (Å²) in [5.41, 5.74) is 12.5. The average molecular weight is 589 g/mol. The number of aromatic nitrogens is 4. The molecule has 11 nitrogen and oxygen atoms in total. The van der Waals surface area contributed by atoms with Crippen LogP contribution < -0.4 is 21.3 Å². The molecule has 3 aliphatic rings. The van der Waals surface area contributed by atoms with Gasteiger partial charge in [-0.05, 0) is 67.1 Å². The van der Waals surface area contributed by atoms with E-state index in [1.807, 2.05) is 77.7 Å². The molecule has 1 fully saturated rings. The molecule has 44 heavy (non-hydrogen) atoms. The number of hydrazone groups is 2. The normalized spacial score (nSPS) is 21.2. The molecule has 0 saturated carbocycles. The first-order valence-corrected chi connectivity index (χ1v) is 14.2. The van der Waals surface area contributed by atoms with Crippen molar-refractivity contribution < 1.29 is 9.13 Å². The molecule has 0 aliphatic carbocycles. The minimum Gasteiger partial charge on any atom is -0.457 e. The molecule has 4 aromatic rings. The molecule has 2 aromatic carbocycles. The Morgan fingerprint density at radius 3 is 2.45 bits per heavy atom. The number of anilines is 1. The summed E-state index contributed by atoms with van der Waals surface area (Å²) in [5, 5.41) is 13.9. The summed E-state index contributed by atoms with van der Waals surface area (Å²) in [4.78, 5) is 10.7. The number of ether oxygens (including phenoxy) is 1. The summed E-state index contributed by atoms with van der Waals surface area (Å²) >= 11 is 0. The molecular formula is C32H29FN10O. The van der Waals surface area contributed by atoms with E-state index < -0.39 is 11.7 Å². The Morgan fingerprint density at radius 1 is 0.886 bits per heavy atom. The Hall–Kier alpha value is -5.78. The maximum absolute atomic E-state index is 17.9. The number of nitrogens with one attached hydrogen (secondary N) is 2. The molecule has 3 aliphatic heterocycles. The van der Waals surface area contributed by atoms with E-state index >= 15 is 4.39 Å². The van der Waals surface area contributed by atoms with E-state index in [1.165, 1.54) is 6.33 Å². The monoisotopic (exact) mass is 588 g/mol. The van der Waals surface area contributed by atoms with Crippen LogP contribution in [0.2, 0.25) is 0 Å². The zero-order valence-corrected chi connectivity index (χ0v) is 23.6. The lowest BCUT2D eigenvalue weighted by atomic mass is 9.85. The van der Waals surface area contributed by atoms with Gasteiger partial charge >= 0.3 is 0 Å². The van der Waals surface area contributed by atoms with Crippen LogP contribution in [0.25, 0.3) is 22.3 Å². The topological polar surface area (TPSA) is 131 Å². The maximum atomic E-state index is 17.9. The molecule has 0 spiro atoms. The molecule has 0 radical (unpaired) electrons. The van der Waals surface area contributed by atoms with Crippen molar-refractivity contribution in [2.45, 2.75) is 18.1 Å². The number of fused-ring (bicyclic) bond motifs is 1. The summed E-state index contributed by atoms with van der Waals surface area (Å²) in [6.45, 7) is 0.540. The van der Waals surface area contributed by atoms with Crippen molar-refractivity contribution in [3.8, 4) is 22.8 Å². The first-order chi connectivity index (χ1) is 21.6. The third-order valence-electron chi connectivity index (χ3n) is 7.75. The number of halogens is 1. The Kier molecular flexibility index (Phi) is 7.06. The van der Waals surface area contributed by atoms with Crippen LogP contribution in [-0.4, -0.2) is 55.8 Å². The molecule has 220 valence electrons. The second-order valence-corrected chi connectivity index (χ2v) is 10.5. The number of hydrogen-bond acceptors (Lipinski definition) is 10. The van der Waals surface area contributed by atoms with E-state index in [-0.39, 0.29) is 12.4 Å². The van der Waals surface area contributed by atoms with E-state index in [0.29, 0.717) is 47.0 Å². The van der Waals surface area contributed by atoms with Gasteiger partial charge in [0.2, 0.25) is 0 Å². The van der Waals surface area contributed by atoms with Crippen LogP contribution >= 0.6 is 0 Å². The Bertz CT molecular complexity index is 1860. The smallest absolute Gasteiger partial charge is 0.191 e. The van der Waals surface area contributed by atoms with Crippen molar-refractivity contribution in [2.24, 2.45) is 10.2 Å². The number of alkyl halides is 1. The Balaban J connectivity index is 1.29. The van der Waals surface area contributed by atoms with Crippen LogP contribution in [-0.2, 0) is 0 Å². The van der Waals surface area contributed by atoms with Crippen molar-refractivity contribution in [1.82, 2.24) is 35.5 Å². The zero-order valence-electron chi connectivity index (χ0n) is 23.6. The molecule has 5 heterocycles. The molecule has 7 rings (SSSR count). The van der Waals surface area contributed by atoms with Crippen molar-refractivity contribution in [3.05, 3.63) is 109 Å². The van der Waals surface area contributed by atoms with Crippen LogP contribution in [0.15, 0.2) is 119 Å². The Morgan fingerprint density at radius 2 is 1.64 bits per heavy atom. The lowest BCUT2D eigenvalue weighted by molar-refractivity contribution is 0.0285. The van der Waals surface area contributed by atoms with Gasteiger partial charge in [-0.3, -0.25) is 10.9 Å². The van der Waals surface area contributed by atoms with Gasteiger partial charge in [0.05, 0.1) is 23.7 Å². The summed E-state index contributed by atoms with van der Waals surface area (Å²) in [7, 11) is 0. The second-order valence-electron chi connectivity index (χ2n) is 10.5. The third-order valence-corrected chi connectivity index (χ3v) is 7.75. The number of nitrogens with two attached hydrogens (primary N) is 1.